The summed E-state index contributed by atoms with van der Waals surface area (Å²) < 4.78 is 0. The summed E-state index contributed by atoms with van der Waals surface area (Å²) in [4.78, 5) is 0. The smallest absolute Gasteiger partial charge is 0.0994 e. The fourth-order valence-electron chi connectivity index (χ4n) is 1.55. The van der Waals surface area contributed by atoms with Gasteiger partial charge in [-0.1, -0.05) is 48.2 Å². The maximum atomic E-state index is 8.94. The zero-order chi connectivity index (χ0) is 11.9. The molecule has 0 aliphatic rings. The molecule has 0 atom stereocenters. The molecular weight excluding hydrogens is 206 g/mol. The third-order valence-corrected chi connectivity index (χ3v) is 2.42. The normalized spacial score (nSPS) is 8.88. The van der Waals surface area contributed by atoms with E-state index in [0.717, 1.165) is 11.1 Å². The zero-order valence-corrected chi connectivity index (χ0v) is 9.35. The third-order valence-electron chi connectivity index (χ3n) is 2.42. The maximum Gasteiger partial charge on any atom is 0.0994 e. The summed E-state index contributed by atoms with van der Waals surface area (Å²) in [5.74, 6) is 6.18. The highest BCUT2D eigenvalue weighted by molar-refractivity contribution is 5.41. The van der Waals surface area contributed by atoms with Gasteiger partial charge in [-0.05, 0) is 23.8 Å². The van der Waals surface area contributed by atoms with Crippen molar-refractivity contribution in [3.8, 4) is 17.9 Å². The van der Waals surface area contributed by atoms with Crippen LogP contribution in [-0.4, -0.2) is 0 Å². The fraction of sp³-hybridized carbons (Fsp3) is 0.0625. The van der Waals surface area contributed by atoms with Crippen molar-refractivity contribution in [3.63, 3.8) is 0 Å². The van der Waals surface area contributed by atoms with Crippen LogP contribution in [0, 0.1) is 23.2 Å². The van der Waals surface area contributed by atoms with Gasteiger partial charge in [0.15, 0.2) is 0 Å². The van der Waals surface area contributed by atoms with Crippen molar-refractivity contribution in [1.82, 2.24) is 0 Å². The van der Waals surface area contributed by atoms with E-state index in [1.54, 1.807) is 0 Å². The Morgan fingerprint density at radius 3 is 2.35 bits per heavy atom. The molecule has 0 spiro atoms. The lowest BCUT2D eigenvalue weighted by molar-refractivity contribution is 1.28. The van der Waals surface area contributed by atoms with Gasteiger partial charge in [-0.3, -0.25) is 0 Å². The van der Waals surface area contributed by atoms with Gasteiger partial charge in [-0.25, -0.2) is 0 Å². The summed E-state index contributed by atoms with van der Waals surface area (Å²) in [5.41, 5.74) is 2.69. The molecule has 1 nitrogen and oxygen atoms in total. The molecule has 0 radical (unpaired) electrons. The van der Waals surface area contributed by atoms with Crippen molar-refractivity contribution < 1.29 is 0 Å². The molecule has 0 fully saturated rings. The van der Waals surface area contributed by atoms with Crippen molar-refractivity contribution in [2.24, 2.45) is 0 Å². The first-order valence-electron chi connectivity index (χ1n) is 5.42. The fourth-order valence-corrected chi connectivity index (χ4v) is 1.55. The van der Waals surface area contributed by atoms with Crippen molar-refractivity contribution in [3.05, 3.63) is 71.3 Å². The molecule has 0 unspecified atom stereocenters. The Morgan fingerprint density at radius 1 is 0.882 bits per heavy atom. The zero-order valence-electron chi connectivity index (χ0n) is 9.35. The Bertz CT molecular complexity index is 595. The van der Waals surface area contributed by atoms with Gasteiger partial charge in [0, 0.05) is 12.0 Å². The second-order valence-electron chi connectivity index (χ2n) is 3.61. The number of nitrogens with zero attached hydrogens (tertiary/aromatic N) is 1. The van der Waals surface area contributed by atoms with Crippen LogP contribution in [0.5, 0.6) is 0 Å². The summed E-state index contributed by atoms with van der Waals surface area (Å²) in [6.07, 6.45) is 0.610. The van der Waals surface area contributed by atoms with Crippen LogP contribution in [0.4, 0.5) is 0 Å². The van der Waals surface area contributed by atoms with E-state index in [1.807, 2.05) is 54.6 Å². The van der Waals surface area contributed by atoms with Crippen molar-refractivity contribution in [1.29, 1.82) is 5.26 Å². The van der Waals surface area contributed by atoms with Gasteiger partial charge >= 0.3 is 0 Å². The van der Waals surface area contributed by atoms with Crippen LogP contribution < -0.4 is 0 Å². The van der Waals surface area contributed by atoms with E-state index in [1.165, 1.54) is 0 Å². The molecule has 0 heterocycles. The largest absolute Gasteiger partial charge is 0.192 e. The molecule has 2 aromatic rings. The van der Waals surface area contributed by atoms with Crippen LogP contribution in [0.2, 0.25) is 0 Å². The van der Waals surface area contributed by atoms with Crippen LogP contribution in [0.15, 0.2) is 54.6 Å². The molecule has 0 N–H and O–H groups in total. The van der Waals surface area contributed by atoms with Gasteiger partial charge in [0.25, 0.3) is 0 Å². The molecule has 17 heavy (non-hydrogen) atoms. The highest BCUT2D eigenvalue weighted by Gasteiger charge is 1.97. The first-order valence-corrected chi connectivity index (χ1v) is 5.42. The van der Waals surface area contributed by atoms with Crippen LogP contribution >= 0.6 is 0 Å². The van der Waals surface area contributed by atoms with Gasteiger partial charge in [0.05, 0.1) is 11.6 Å². The summed E-state index contributed by atoms with van der Waals surface area (Å²) in [5, 5.41) is 8.94. The molecule has 0 aromatic heterocycles. The van der Waals surface area contributed by atoms with Crippen molar-refractivity contribution in [2.75, 3.05) is 0 Å². The minimum atomic E-state index is 0.610. The topological polar surface area (TPSA) is 23.8 Å². The highest BCUT2D eigenvalue weighted by atomic mass is 14.2. The molecule has 2 aromatic carbocycles. The lowest BCUT2D eigenvalue weighted by atomic mass is 10.1. The minimum Gasteiger partial charge on any atom is -0.192 e. The van der Waals surface area contributed by atoms with Gasteiger partial charge in [-0.15, -0.1) is 0 Å². The van der Waals surface area contributed by atoms with Crippen molar-refractivity contribution >= 4 is 0 Å². The highest BCUT2D eigenvalue weighted by Crippen LogP contribution is 2.07. The second-order valence-corrected chi connectivity index (χ2v) is 3.61. The van der Waals surface area contributed by atoms with Gasteiger partial charge in [0.2, 0.25) is 0 Å². The SMILES string of the molecule is N#Cc1ccccc1CC#Cc1ccccc1. The molecule has 0 amide bonds. The van der Waals surface area contributed by atoms with E-state index in [-0.39, 0.29) is 0 Å². The predicted octanol–water partition coefficient (Wildman–Crippen LogP) is 3.15. The number of benzene rings is 2. The predicted molar refractivity (Wildman–Crippen MR) is 68.2 cm³/mol. The van der Waals surface area contributed by atoms with Gasteiger partial charge in [-0.2, -0.15) is 5.26 Å². The summed E-state index contributed by atoms with van der Waals surface area (Å²) >= 11 is 0. The maximum absolute atomic E-state index is 8.94. The lowest BCUT2D eigenvalue weighted by Gasteiger charge is -1.96. The van der Waals surface area contributed by atoms with Crippen LogP contribution in [0.1, 0.15) is 16.7 Å². The molecule has 0 aliphatic carbocycles. The number of hydrogen-bond acceptors (Lipinski definition) is 1. The number of nitriles is 1. The molecule has 0 aliphatic heterocycles. The summed E-state index contributed by atoms with van der Waals surface area (Å²) in [7, 11) is 0. The Kier molecular flexibility index (Phi) is 3.58. The quantitative estimate of drug-likeness (QED) is 0.673. The number of hydrogen-bond donors (Lipinski definition) is 0. The van der Waals surface area contributed by atoms with Crippen LogP contribution in [-0.2, 0) is 6.42 Å². The number of rotatable bonds is 1. The van der Waals surface area contributed by atoms with E-state index in [0.29, 0.717) is 12.0 Å². The van der Waals surface area contributed by atoms with Crippen molar-refractivity contribution in [2.45, 2.75) is 6.42 Å². The summed E-state index contributed by atoms with van der Waals surface area (Å²) in [6, 6.07) is 19.6. The first-order chi connectivity index (χ1) is 8.40. The molecule has 0 bridgehead atoms. The van der Waals surface area contributed by atoms with E-state index >= 15 is 0 Å². The lowest BCUT2D eigenvalue weighted by Crippen LogP contribution is -1.87. The minimum absolute atomic E-state index is 0.610. The van der Waals surface area contributed by atoms with Crippen LogP contribution in [0.3, 0.4) is 0 Å². The molecule has 80 valence electrons. The third kappa shape index (κ3) is 2.97. The second kappa shape index (κ2) is 5.54. The Balaban J connectivity index is 2.14. The Hall–Kier alpha value is -2.51. The molecule has 0 saturated heterocycles. The summed E-state index contributed by atoms with van der Waals surface area (Å²) in [6.45, 7) is 0. The standard InChI is InChI=1S/C16H11N/c17-13-16-11-5-4-10-15(16)12-6-9-14-7-2-1-3-8-14/h1-5,7-8,10-11H,12H2. The Labute approximate surface area is 101 Å². The van der Waals surface area contributed by atoms with E-state index in [9.17, 15) is 0 Å². The molecule has 0 saturated carbocycles. The van der Waals surface area contributed by atoms with E-state index in [2.05, 4.69) is 17.9 Å². The van der Waals surface area contributed by atoms with E-state index in [4.69, 9.17) is 5.26 Å². The first kappa shape index (κ1) is 11.0. The molecular formula is C16H11N. The van der Waals surface area contributed by atoms with Gasteiger partial charge < -0.3 is 0 Å². The average Bonchev–Trinajstić information content (AvgIpc) is 2.40. The average molecular weight is 217 g/mol. The van der Waals surface area contributed by atoms with Crippen LogP contribution in [0.25, 0.3) is 0 Å². The van der Waals surface area contributed by atoms with E-state index < -0.39 is 0 Å². The Morgan fingerprint density at radius 2 is 1.59 bits per heavy atom. The molecule has 1 heteroatoms. The van der Waals surface area contributed by atoms with Gasteiger partial charge in [0.1, 0.15) is 0 Å². The molecule has 2 rings (SSSR count). The monoisotopic (exact) mass is 217 g/mol.